The van der Waals surface area contributed by atoms with Gasteiger partial charge in [0.2, 0.25) is 5.91 Å². The summed E-state index contributed by atoms with van der Waals surface area (Å²) in [6, 6.07) is 9.34. The molecule has 10 heteroatoms. The molecule has 1 saturated heterocycles. The average molecular weight is 476 g/mol. The number of hydrogen-bond acceptors (Lipinski definition) is 6. The Hall–Kier alpha value is -2.72. The van der Waals surface area contributed by atoms with E-state index in [0.29, 0.717) is 18.7 Å². The summed E-state index contributed by atoms with van der Waals surface area (Å²) in [5, 5.41) is 9.70. The molecule has 2 aliphatic heterocycles. The summed E-state index contributed by atoms with van der Waals surface area (Å²) in [6.07, 6.45) is 1.45. The third-order valence-electron chi connectivity index (χ3n) is 5.69. The second-order valence-corrected chi connectivity index (χ2v) is 10.7. The fourth-order valence-corrected chi connectivity index (χ4v) is 6.14. The Morgan fingerprint density at radius 2 is 1.75 bits per heavy atom. The Balaban J connectivity index is 1.61. The summed E-state index contributed by atoms with van der Waals surface area (Å²) in [4.78, 5) is 27.5. The summed E-state index contributed by atoms with van der Waals surface area (Å²) in [5.74, 6) is 0.672. The van der Waals surface area contributed by atoms with Crippen molar-refractivity contribution in [1.29, 1.82) is 0 Å². The van der Waals surface area contributed by atoms with Gasteiger partial charge in [0.1, 0.15) is 0 Å². The van der Waals surface area contributed by atoms with Gasteiger partial charge in [-0.3, -0.25) is 9.52 Å². The number of aryl methyl sites for hydroxylation is 1. The van der Waals surface area contributed by atoms with Gasteiger partial charge in [-0.1, -0.05) is 0 Å². The Kier molecular flexibility index (Phi) is 6.34. The molecule has 0 bridgehead atoms. The Labute approximate surface area is 191 Å². The molecule has 0 aliphatic carbocycles. The summed E-state index contributed by atoms with van der Waals surface area (Å²) in [5.41, 5.74) is 2.40. The van der Waals surface area contributed by atoms with Crippen LogP contribution in [-0.2, 0) is 21.2 Å². The number of nitrogens with zero attached hydrogens (tertiary/aromatic N) is 2. The van der Waals surface area contributed by atoms with Gasteiger partial charge >= 0.3 is 5.97 Å². The highest BCUT2D eigenvalue weighted by Gasteiger charge is 2.24. The Morgan fingerprint density at radius 1 is 1.03 bits per heavy atom. The highest BCUT2D eigenvalue weighted by molar-refractivity contribution is 7.99. The number of fused-ring (bicyclic) bond motifs is 1. The number of amides is 1. The maximum absolute atomic E-state index is 13.0. The molecular weight excluding hydrogens is 450 g/mol. The van der Waals surface area contributed by atoms with Gasteiger partial charge < -0.3 is 14.9 Å². The second kappa shape index (κ2) is 9.03. The standard InChI is InChI=1S/C22H25N3O5S2/c1-15(26)25-8-2-3-16-13-18(5-7-20(16)25)32(29,30)23-17-4-6-21(19(14-17)22(27)28)24-9-11-31-12-10-24/h4-7,13-14,23H,2-3,8-12H2,1H3,(H,27,28). The molecule has 0 spiro atoms. The van der Waals surface area contributed by atoms with Crippen LogP contribution in [0.4, 0.5) is 17.1 Å². The van der Waals surface area contributed by atoms with Crippen molar-refractivity contribution >= 4 is 50.7 Å². The van der Waals surface area contributed by atoms with Crippen molar-refractivity contribution in [3.05, 3.63) is 47.5 Å². The van der Waals surface area contributed by atoms with Crippen molar-refractivity contribution in [2.75, 3.05) is 45.7 Å². The first-order chi connectivity index (χ1) is 15.3. The van der Waals surface area contributed by atoms with Crippen LogP contribution in [0, 0.1) is 0 Å². The maximum atomic E-state index is 13.0. The number of carbonyl (C=O) groups is 2. The smallest absolute Gasteiger partial charge is 0.337 e. The van der Waals surface area contributed by atoms with E-state index in [1.807, 2.05) is 16.7 Å². The number of carboxylic acids is 1. The lowest BCUT2D eigenvalue weighted by Gasteiger charge is -2.30. The summed E-state index contributed by atoms with van der Waals surface area (Å²) < 4.78 is 28.5. The average Bonchev–Trinajstić information content (AvgIpc) is 2.78. The zero-order valence-corrected chi connectivity index (χ0v) is 19.3. The predicted octanol–water partition coefficient (Wildman–Crippen LogP) is 3.04. The number of aromatic carboxylic acids is 1. The van der Waals surface area contributed by atoms with Crippen molar-refractivity contribution in [2.24, 2.45) is 0 Å². The topological polar surface area (TPSA) is 107 Å². The number of carboxylic acid groups (broad SMARTS) is 1. The van der Waals surface area contributed by atoms with Gasteiger partial charge in [0.15, 0.2) is 0 Å². The van der Waals surface area contributed by atoms with Gasteiger partial charge in [0, 0.05) is 49.4 Å². The quantitative estimate of drug-likeness (QED) is 0.684. The number of sulfonamides is 1. The van der Waals surface area contributed by atoms with Crippen LogP contribution in [0.1, 0.15) is 29.3 Å². The van der Waals surface area contributed by atoms with Crippen LogP contribution < -0.4 is 14.5 Å². The Morgan fingerprint density at radius 3 is 2.44 bits per heavy atom. The second-order valence-electron chi connectivity index (χ2n) is 7.81. The van der Waals surface area contributed by atoms with Gasteiger partial charge in [-0.2, -0.15) is 11.8 Å². The molecule has 0 saturated carbocycles. The maximum Gasteiger partial charge on any atom is 0.337 e. The SMILES string of the molecule is CC(=O)N1CCCc2cc(S(=O)(=O)Nc3ccc(N4CCSCC4)c(C(=O)O)c3)ccc21. The molecule has 8 nitrogen and oxygen atoms in total. The summed E-state index contributed by atoms with van der Waals surface area (Å²) in [6.45, 7) is 3.62. The highest BCUT2D eigenvalue weighted by atomic mass is 32.2. The van der Waals surface area contributed by atoms with E-state index in [2.05, 4.69) is 4.72 Å². The lowest BCUT2D eigenvalue weighted by Crippen LogP contribution is -2.33. The number of thioether (sulfide) groups is 1. The van der Waals surface area contributed by atoms with Gasteiger partial charge in [0.05, 0.1) is 16.1 Å². The summed E-state index contributed by atoms with van der Waals surface area (Å²) >= 11 is 1.83. The molecule has 2 aromatic rings. The number of benzene rings is 2. The van der Waals surface area contributed by atoms with Crippen molar-refractivity contribution in [3.63, 3.8) is 0 Å². The van der Waals surface area contributed by atoms with Crippen molar-refractivity contribution in [2.45, 2.75) is 24.7 Å². The van der Waals surface area contributed by atoms with E-state index in [0.717, 1.165) is 42.3 Å². The minimum absolute atomic E-state index is 0.0691. The zero-order chi connectivity index (χ0) is 22.9. The van der Waals surface area contributed by atoms with Crippen LogP contribution in [0.2, 0.25) is 0 Å². The Bertz CT molecular complexity index is 1160. The first-order valence-corrected chi connectivity index (χ1v) is 13.0. The predicted molar refractivity (Wildman–Crippen MR) is 127 cm³/mol. The lowest BCUT2D eigenvalue weighted by molar-refractivity contribution is -0.116. The molecule has 32 heavy (non-hydrogen) atoms. The normalized spacial score (nSPS) is 16.4. The van der Waals surface area contributed by atoms with Crippen molar-refractivity contribution in [1.82, 2.24) is 0 Å². The fraction of sp³-hybridized carbons (Fsp3) is 0.364. The van der Waals surface area contributed by atoms with E-state index < -0.39 is 16.0 Å². The largest absolute Gasteiger partial charge is 0.478 e. The first-order valence-electron chi connectivity index (χ1n) is 10.4. The minimum Gasteiger partial charge on any atom is -0.478 e. The molecule has 0 radical (unpaired) electrons. The molecule has 1 fully saturated rings. The third-order valence-corrected chi connectivity index (χ3v) is 8.01. The highest BCUT2D eigenvalue weighted by Crippen LogP contribution is 2.31. The van der Waals surface area contributed by atoms with Crippen LogP contribution >= 0.6 is 11.8 Å². The minimum atomic E-state index is -3.93. The number of carbonyl (C=O) groups excluding carboxylic acids is 1. The van der Waals surface area contributed by atoms with Crippen LogP contribution in [0.5, 0.6) is 0 Å². The van der Waals surface area contributed by atoms with Crippen molar-refractivity contribution in [3.8, 4) is 0 Å². The third kappa shape index (κ3) is 4.56. The van der Waals surface area contributed by atoms with Gasteiger partial charge in [-0.05, 0) is 54.8 Å². The van der Waals surface area contributed by atoms with Crippen LogP contribution in [0.15, 0.2) is 41.3 Å². The molecule has 4 rings (SSSR count). The molecule has 0 unspecified atom stereocenters. The van der Waals surface area contributed by atoms with E-state index in [-0.39, 0.29) is 22.1 Å². The monoisotopic (exact) mass is 475 g/mol. The number of anilines is 3. The molecule has 2 N–H and O–H groups in total. The van der Waals surface area contributed by atoms with E-state index in [9.17, 15) is 23.1 Å². The molecule has 0 atom stereocenters. The van der Waals surface area contributed by atoms with Crippen LogP contribution in [0.25, 0.3) is 0 Å². The molecule has 2 aliphatic rings. The van der Waals surface area contributed by atoms with E-state index in [1.54, 1.807) is 29.2 Å². The molecule has 1 amide bonds. The lowest BCUT2D eigenvalue weighted by atomic mass is 10.0. The molecular formula is C22H25N3O5S2. The van der Waals surface area contributed by atoms with E-state index in [1.165, 1.54) is 19.1 Å². The molecule has 0 aromatic heterocycles. The zero-order valence-electron chi connectivity index (χ0n) is 17.7. The van der Waals surface area contributed by atoms with E-state index >= 15 is 0 Å². The summed E-state index contributed by atoms with van der Waals surface area (Å²) in [7, 11) is -3.93. The molecule has 2 aromatic carbocycles. The number of hydrogen-bond donors (Lipinski definition) is 2. The van der Waals surface area contributed by atoms with E-state index in [4.69, 9.17) is 0 Å². The van der Waals surface area contributed by atoms with Gasteiger partial charge in [0.25, 0.3) is 10.0 Å². The first kappa shape index (κ1) is 22.5. The van der Waals surface area contributed by atoms with Crippen LogP contribution in [-0.4, -0.2) is 56.5 Å². The van der Waals surface area contributed by atoms with Crippen LogP contribution in [0.3, 0.4) is 0 Å². The van der Waals surface area contributed by atoms with Crippen molar-refractivity contribution < 1.29 is 23.1 Å². The molecule has 170 valence electrons. The van der Waals surface area contributed by atoms with Gasteiger partial charge in [-0.15, -0.1) is 0 Å². The fourth-order valence-electron chi connectivity index (χ4n) is 4.13. The van der Waals surface area contributed by atoms with Gasteiger partial charge in [-0.25, -0.2) is 13.2 Å². The number of rotatable bonds is 5. The molecule has 2 heterocycles. The number of nitrogens with one attached hydrogen (secondary N) is 1.